The van der Waals surface area contributed by atoms with E-state index in [9.17, 15) is 10.1 Å². The van der Waals surface area contributed by atoms with Crippen LogP contribution in [0.2, 0.25) is 0 Å². The van der Waals surface area contributed by atoms with E-state index in [1.807, 2.05) is 23.0 Å². The number of ketones is 1. The first-order chi connectivity index (χ1) is 16.4. The predicted molar refractivity (Wildman–Crippen MR) is 132 cm³/mol. The molecule has 2 N–H and O–H groups in total. The van der Waals surface area contributed by atoms with E-state index in [4.69, 9.17) is 0 Å². The minimum atomic E-state index is -0.390. The molecule has 6 heteroatoms. The fourth-order valence-electron chi connectivity index (χ4n) is 5.50. The number of nitriles is 1. The molecule has 0 saturated carbocycles. The molecule has 0 unspecified atom stereocenters. The van der Waals surface area contributed by atoms with E-state index in [0.29, 0.717) is 11.5 Å². The third-order valence-electron chi connectivity index (χ3n) is 7.58. The summed E-state index contributed by atoms with van der Waals surface area (Å²) in [6, 6.07) is 12.0. The molecule has 0 bridgehead atoms. The number of rotatable bonds is 4. The van der Waals surface area contributed by atoms with Crippen molar-refractivity contribution in [1.29, 1.82) is 5.26 Å². The lowest BCUT2D eigenvalue weighted by molar-refractivity contribution is 0.103. The average molecular weight is 450 g/mol. The summed E-state index contributed by atoms with van der Waals surface area (Å²) in [6.07, 6.45) is 4.91. The first-order valence-electron chi connectivity index (χ1n) is 11.9. The Morgan fingerprint density at radius 1 is 1.21 bits per heavy atom. The molecule has 0 spiro atoms. The zero-order valence-corrected chi connectivity index (χ0v) is 19.7. The second-order valence-corrected chi connectivity index (χ2v) is 10.1. The van der Waals surface area contributed by atoms with Gasteiger partial charge in [0.25, 0.3) is 0 Å². The molecule has 1 fully saturated rings. The molecule has 2 aromatic heterocycles. The Bertz CT molecular complexity index is 1510. The van der Waals surface area contributed by atoms with Crippen LogP contribution in [-0.2, 0) is 18.4 Å². The monoisotopic (exact) mass is 449 g/mol. The molecular weight excluding hydrogens is 422 g/mol. The zero-order chi connectivity index (χ0) is 23.6. The van der Waals surface area contributed by atoms with E-state index in [1.54, 1.807) is 6.07 Å². The van der Waals surface area contributed by atoms with Gasteiger partial charge in [-0.25, -0.2) is 0 Å². The summed E-state index contributed by atoms with van der Waals surface area (Å²) in [5, 5.41) is 18.1. The van der Waals surface area contributed by atoms with Crippen LogP contribution < -0.4 is 5.32 Å². The standard InChI is InChI=1S/C28H27N5O/c1-4-18-8-22-23(9-21(18)19-13-31-33(15-19)14-17-11-30-12-17)28(2,3)27-25(26(22)34)20-6-5-16(10-29)7-24(20)32-27/h5-9,13,15,17,30,32H,4,11-12,14H2,1-3H3. The van der Waals surface area contributed by atoms with Crippen LogP contribution in [0.3, 0.4) is 0 Å². The largest absolute Gasteiger partial charge is 0.357 e. The van der Waals surface area contributed by atoms with Gasteiger partial charge in [0.05, 0.1) is 23.4 Å². The molecular formula is C28H27N5O. The summed E-state index contributed by atoms with van der Waals surface area (Å²) in [4.78, 5) is 17.3. The average Bonchev–Trinajstić information content (AvgIpc) is 3.44. The van der Waals surface area contributed by atoms with Crippen molar-refractivity contribution in [2.75, 3.05) is 13.1 Å². The Kier molecular flexibility index (Phi) is 4.55. The highest BCUT2D eigenvalue weighted by Gasteiger charge is 2.40. The minimum Gasteiger partial charge on any atom is -0.357 e. The molecule has 2 aromatic carbocycles. The number of carbonyl (C=O) groups is 1. The maximum atomic E-state index is 13.8. The number of H-pyrrole nitrogens is 1. The highest BCUT2D eigenvalue weighted by Crippen LogP contribution is 2.45. The molecule has 1 aliphatic heterocycles. The van der Waals surface area contributed by atoms with Crippen molar-refractivity contribution in [1.82, 2.24) is 20.1 Å². The number of benzene rings is 2. The number of nitrogens with one attached hydrogen (secondary N) is 2. The van der Waals surface area contributed by atoms with Gasteiger partial charge in [-0.3, -0.25) is 9.48 Å². The van der Waals surface area contributed by atoms with Crippen LogP contribution in [0.25, 0.3) is 22.0 Å². The minimum absolute atomic E-state index is 0.0507. The molecule has 6 nitrogen and oxygen atoms in total. The SMILES string of the molecule is CCc1cc2c(cc1-c1cnn(CC3CNC3)c1)C(C)(C)c1[nH]c3cc(C#N)ccc3c1C2=O. The molecule has 170 valence electrons. The van der Waals surface area contributed by atoms with E-state index in [-0.39, 0.29) is 11.2 Å². The van der Waals surface area contributed by atoms with Crippen LogP contribution in [0.5, 0.6) is 0 Å². The van der Waals surface area contributed by atoms with Crippen molar-refractivity contribution in [2.24, 2.45) is 5.92 Å². The van der Waals surface area contributed by atoms with Gasteiger partial charge in [0.1, 0.15) is 0 Å². The van der Waals surface area contributed by atoms with Crippen molar-refractivity contribution < 1.29 is 4.79 Å². The number of nitrogens with zero attached hydrogens (tertiary/aromatic N) is 3. The molecule has 3 heterocycles. The Hall–Kier alpha value is -3.69. The van der Waals surface area contributed by atoms with Gasteiger partial charge in [0.15, 0.2) is 5.78 Å². The molecule has 0 amide bonds. The molecule has 2 aliphatic rings. The number of aromatic amines is 1. The third-order valence-corrected chi connectivity index (χ3v) is 7.58. The Morgan fingerprint density at radius 3 is 2.74 bits per heavy atom. The van der Waals surface area contributed by atoms with Gasteiger partial charge in [-0.15, -0.1) is 0 Å². The van der Waals surface area contributed by atoms with E-state index in [0.717, 1.165) is 76.0 Å². The van der Waals surface area contributed by atoms with Gasteiger partial charge in [-0.2, -0.15) is 10.4 Å². The molecule has 0 atom stereocenters. The fourth-order valence-corrected chi connectivity index (χ4v) is 5.50. The quantitative estimate of drug-likeness (QED) is 0.478. The number of fused-ring (bicyclic) bond motifs is 4. The summed E-state index contributed by atoms with van der Waals surface area (Å²) < 4.78 is 2.04. The fraction of sp³-hybridized carbons (Fsp3) is 0.321. The van der Waals surface area contributed by atoms with Crippen LogP contribution >= 0.6 is 0 Å². The van der Waals surface area contributed by atoms with Crippen LogP contribution in [0, 0.1) is 17.2 Å². The highest BCUT2D eigenvalue weighted by atomic mass is 16.1. The maximum absolute atomic E-state index is 13.8. The van der Waals surface area contributed by atoms with E-state index in [1.165, 1.54) is 0 Å². The van der Waals surface area contributed by atoms with Gasteiger partial charge in [0.2, 0.25) is 0 Å². The van der Waals surface area contributed by atoms with Crippen molar-refractivity contribution in [3.05, 3.63) is 76.2 Å². The second-order valence-electron chi connectivity index (χ2n) is 10.1. The van der Waals surface area contributed by atoms with Crippen LogP contribution in [-0.4, -0.2) is 33.6 Å². The number of aromatic nitrogens is 3. The summed E-state index contributed by atoms with van der Waals surface area (Å²) in [6.45, 7) is 9.49. The predicted octanol–water partition coefficient (Wildman–Crippen LogP) is 4.56. The van der Waals surface area contributed by atoms with Crippen LogP contribution in [0.4, 0.5) is 0 Å². The molecule has 1 saturated heterocycles. The second kappa shape index (κ2) is 7.41. The smallest absolute Gasteiger partial charge is 0.195 e. The van der Waals surface area contributed by atoms with Crippen LogP contribution in [0.15, 0.2) is 42.7 Å². The van der Waals surface area contributed by atoms with Gasteiger partial charge >= 0.3 is 0 Å². The lowest BCUT2D eigenvalue weighted by atomic mass is 9.70. The van der Waals surface area contributed by atoms with E-state index >= 15 is 0 Å². The Morgan fingerprint density at radius 2 is 2.03 bits per heavy atom. The molecule has 4 aromatic rings. The number of carbonyl (C=O) groups excluding carboxylic acids is 1. The normalized spacial score (nSPS) is 16.7. The van der Waals surface area contributed by atoms with Crippen molar-refractivity contribution in [3.8, 4) is 17.2 Å². The van der Waals surface area contributed by atoms with Gasteiger partial charge in [0, 0.05) is 64.9 Å². The number of hydrogen-bond donors (Lipinski definition) is 2. The first-order valence-corrected chi connectivity index (χ1v) is 11.9. The molecule has 1 aliphatic carbocycles. The van der Waals surface area contributed by atoms with E-state index < -0.39 is 0 Å². The van der Waals surface area contributed by atoms with Crippen molar-refractivity contribution in [3.63, 3.8) is 0 Å². The Balaban J connectivity index is 1.49. The number of hydrogen-bond acceptors (Lipinski definition) is 4. The molecule has 6 rings (SSSR count). The van der Waals surface area contributed by atoms with Gasteiger partial charge < -0.3 is 10.3 Å². The summed E-state index contributed by atoms with van der Waals surface area (Å²) in [5.41, 5.74) is 7.87. The molecule has 0 radical (unpaired) electrons. The lowest BCUT2D eigenvalue weighted by Gasteiger charge is -2.33. The highest BCUT2D eigenvalue weighted by molar-refractivity contribution is 6.20. The van der Waals surface area contributed by atoms with Crippen molar-refractivity contribution >= 4 is 16.7 Å². The van der Waals surface area contributed by atoms with Crippen molar-refractivity contribution in [2.45, 2.75) is 39.2 Å². The van der Waals surface area contributed by atoms with E-state index in [2.05, 4.69) is 60.6 Å². The summed E-state index contributed by atoms with van der Waals surface area (Å²) >= 11 is 0. The third kappa shape index (κ3) is 2.97. The zero-order valence-electron chi connectivity index (χ0n) is 19.7. The summed E-state index contributed by atoms with van der Waals surface area (Å²) in [7, 11) is 0. The number of aryl methyl sites for hydroxylation is 1. The maximum Gasteiger partial charge on any atom is 0.195 e. The van der Waals surface area contributed by atoms with Crippen LogP contribution in [0.1, 0.15) is 59.1 Å². The lowest BCUT2D eigenvalue weighted by Crippen LogP contribution is -2.44. The Labute approximate surface area is 198 Å². The first kappa shape index (κ1) is 20.9. The molecule has 34 heavy (non-hydrogen) atoms. The topological polar surface area (TPSA) is 86.5 Å². The van der Waals surface area contributed by atoms with Gasteiger partial charge in [-0.1, -0.05) is 26.8 Å². The van der Waals surface area contributed by atoms with Gasteiger partial charge in [-0.05, 0) is 47.4 Å². The summed E-state index contributed by atoms with van der Waals surface area (Å²) in [5.74, 6) is 0.690.